The molecule has 4 aromatic rings. The molecule has 1 aromatic carbocycles. The van der Waals surface area contributed by atoms with Gasteiger partial charge in [0, 0.05) is 12.0 Å². The zero-order valence-corrected chi connectivity index (χ0v) is 20.1. The van der Waals surface area contributed by atoms with Crippen LogP contribution in [0.25, 0.3) is 22.6 Å². The molecule has 202 valence electrons. The Hall–Kier alpha value is -4.32. The van der Waals surface area contributed by atoms with E-state index in [-0.39, 0.29) is 33.7 Å². The molecule has 5 atom stereocenters. The number of ether oxygens (including phenoxy) is 2. The summed E-state index contributed by atoms with van der Waals surface area (Å²) in [5.41, 5.74) is 1.38. The number of benzene rings is 1. The van der Waals surface area contributed by atoms with Crippen molar-refractivity contribution in [3.8, 4) is 11.4 Å². The highest BCUT2D eigenvalue weighted by molar-refractivity contribution is 6.28. The Bertz CT molecular complexity index is 1600. The number of aliphatic carboxylic acids is 2. The number of hydrogen-bond donors (Lipinski definition) is 5. The number of alkyl halides is 1. The van der Waals surface area contributed by atoms with Crippen molar-refractivity contribution in [3.63, 3.8) is 0 Å². The Morgan fingerprint density at radius 3 is 2.72 bits per heavy atom. The van der Waals surface area contributed by atoms with Crippen LogP contribution in [0.4, 0.5) is 10.2 Å². The molecule has 6 N–H and O–H groups in total. The molecule has 1 unspecified atom stereocenters. The lowest BCUT2D eigenvalue weighted by atomic mass is 9.93. The minimum Gasteiger partial charge on any atom is -0.479 e. The Balaban J connectivity index is 1.27. The zero-order valence-electron chi connectivity index (χ0n) is 19.3. The van der Waals surface area contributed by atoms with Crippen molar-refractivity contribution >= 4 is 40.5 Å². The lowest BCUT2D eigenvalue weighted by Gasteiger charge is -2.29. The van der Waals surface area contributed by atoms with E-state index in [9.17, 15) is 24.9 Å². The number of nitrogens with zero attached hydrogens (tertiary/aromatic N) is 7. The van der Waals surface area contributed by atoms with Crippen molar-refractivity contribution in [2.24, 2.45) is 0 Å². The van der Waals surface area contributed by atoms with Gasteiger partial charge in [-0.25, -0.2) is 24.1 Å². The summed E-state index contributed by atoms with van der Waals surface area (Å²) in [7, 11) is 0. The average Bonchev–Trinajstić information content (AvgIpc) is 3.38. The second-order valence-electron chi connectivity index (χ2n) is 9.04. The fraction of sp³-hybridized carbons (Fsp3) is 0.333. The fourth-order valence-electron chi connectivity index (χ4n) is 4.73. The average molecular weight is 562 g/mol. The van der Waals surface area contributed by atoms with E-state index >= 15 is 4.39 Å². The largest absolute Gasteiger partial charge is 0.479 e. The van der Waals surface area contributed by atoms with Gasteiger partial charge in [-0.1, -0.05) is 18.2 Å². The minimum absolute atomic E-state index is 0.0368. The normalized spacial score (nSPS) is 26.0. The van der Waals surface area contributed by atoms with Crippen LogP contribution in [0.2, 0.25) is 5.28 Å². The topological polar surface area (TPSA) is 237 Å². The van der Waals surface area contributed by atoms with Gasteiger partial charge in [-0.05, 0) is 33.7 Å². The van der Waals surface area contributed by atoms with Crippen LogP contribution < -0.4 is 5.73 Å². The van der Waals surface area contributed by atoms with Crippen LogP contribution in [0.15, 0.2) is 30.6 Å². The van der Waals surface area contributed by atoms with E-state index in [1.807, 2.05) is 0 Å². The van der Waals surface area contributed by atoms with E-state index in [4.69, 9.17) is 26.8 Å². The van der Waals surface area contributed by atoms with Crippen molar-refractivity contribution in [2.45, 2.75) is 42.2 Å². The van der Waals surface area contributed by atoms with E-state index in [0.717, 1.165) is 4.57 Å². The molecule has 2 aliphatic rings. The van der Waals surface area contributed by atoms with Crippen LogP contribution in [0.5, 0.6) is 0 Å². The molecule has 0 spiro atoms. The van der Waals surface area contributed by atoms with Crippen molar-refractivity contribution in [3.05, 3.63) is 41.4 Å². The quantitative estimate of drug-likeness (QED) is 0.138. The molecule has 2 fully saturated rings. The molecule has 16 nitrogen and oxygen atoms in total. The number of halogens is 2. The van der Waals surface area contributed by atoms with Gasteiger partial charge in [-0.3, -0.25) is 4.57 Å². The molecular weight excluding hydrogens is 545 g/mol. The maximum absolute atomic E-state index is 15.6. The van der Waals surface area contributed by atoms with Gasteiger partial charge in [-0.2, -0.15) is 9.97 Å². The number of tetrazole rings is 1. The Morgan fingerprint density at radius 2 is 2.08 bits per heavy atom. The molecule has 3 aromatic heterocycles. The number of aromatic nitrogens is 8. The standard InChI is InChI=1S/C21H17ClFN9O7/c22-19-26-13(24)9-15(27-19)32(6-25-9)16-10(23)21(37)11(38-16)12(21)39-20(17(33)34,18(35)36)5-7-2-1-3-8(4-7)14-28-30-31-29-14/h1-4,6,10-12,16,37H,5H2,(H,33,34)(H,35,36)(H2,24,26,27)(H,28,29,30,31)/t10-,11-,12?,16-,21+/m1/s1. The van der Waals surface area contributed by atoms with Crippen molar-refractivity contribution in [1.29, 1.82) is 0 Å². The Labute approximate surface area is 220 Å². The maximum Gasteiger partial charge on any atom is 0.348 e. The number of aliphatic hydroxyl groups is 1. The maximum atomic E-state index is 15.6. The number of carboxylic acids is 2. The number of carboxylic acid groups (broad SMARTS) is 2. The van der Waals surface area contributed by atoms with E-state index in [1.165, 1.54) is 18.5 Å². The zero-order chi connectivity index (χ0) is 27.7. The van der Waals surface area contributed by atoms with Gasteiger partial charge < -0.3 is 30.5 Å². The number of fused-ring (bicyclic) bond motifs is 2. The molecule has 39 heavy (non-hydrogen) atoms. The van der Waals surface area contributed by atoms with Crippen LogP contribution in [0.3, 0.4) is 0 Å². The first-order valence-corrected chi connectivity index (χ1v) is 11.6. The lowest BCUT2D eigenvalue weighted by molar-refractivity contribution is -0.194. The number of H-pyrrole nitrogens is 1. The third kappa shape index (κ3) is 3.69. The highest BCUT2D eigenvalue weighted by Crippen LogP contribution is 2.58. The molecule has 4 heterocycles. The van der Waals surface area contributed by atoms with E-state index < -0.39 is 54.2 Å². The third-order valence-electron chi connectivity index (χ3n) is 6.77. The first-order valence-electron chi connectivity index (χ1n) is 11.2. The molecule has 1 aliphatic carbocycles. The number of hydrogen-bond acceptors (Lipinski definition) is 12. The molecule has 1 aliphatic heterocycles. The number of nitrogen functional groups attached to an aromatic ring is 1. The number of anilines is 1. The van der Waals surface area contributed by atoms with E-state index in [0.29, 0.717) is 5.56 Å². The molecule has 0 bridgehead atoms. The summed E-state index contributed by atoms with van der Waals surface area (Å²) >= 11 is 5.85. The van der Waals surface area contributed by atoms with Crippen molar-refractivity contribution < 1.29 is 38.8 Å². The summed E-state index contributed by atoms with van der Waals surface area (Å²) in [6, 6.07) is 6.12. The van der Waals surface area contributed by atoms with Crippen LogP contribution in [-0.2, 0) is 25.5 Å². The Kier molecular flexibility index (Phi) is 5.51. The molecule has 0 radical (unpaired) electrons. The van der Waals surface area contributed by atoms with Gasteiger partial charge in [0.1, 0.15) is 17.7 Å². The summed E-state index contributed by atoms with van der Waals surface area (Å²) in [6.45, 7) is 0. The number of nitrogens with one attached hydrogen (secondary N) is 1. The monoisotopic (exact) mass is 561 g/mol. The SMILES string of the molecule is Nc1nc(Cl)nc2c1ncn2[C@@H]1O[C@@H]2C(OC(Cc3cccc(-c4nnn[nH]4)c3)(C(=O)O)C(=O)O)[C@]2(O)[C@@H]1F. The number of carbonyl (C=O) groups is 2. The smallest absolute Gasteiger partial charge is 0.348 e. The summed E-state index contributed by atoms with van der Waals surface area (Å²) in [6.07, 6.45) is -6.17. The first kappa shape index (κ1) is 25.0. The predicted molar refractivity (Wildman–Crippen MR) is 125 cm³/mol. The molecule has 0 amide bonds. The van der Waals surface area contributed by atoms with Gasteiger partial charge in [0.05, 0.1) is 6.33 Å². The number of aromatic amines is 1. The van der Waals surface area contributed by atoms with Crippen LogP contribution >= 0.6 is 11.6 Å². The summed E-state index contributed by atoms with van der Waals surface area (Å²) in [4.78, 5) is 36.4. The number of imidazole rings is 1. The van der Waals surface area contributed by atoms with Crippen molar-refractivity contribution in [1.82, 2.24) is 40.1 Å². The first-order chi connectivity index (χ1) is 18.6. The van der Waals surface area contributed by atoms with E-state index in [2.05, 4.69) is 35.6 Å². The van der Waals surface area contributed by atoms with Crippen molar-refractivity contribution in [2.75, 3.05) is 5.73 Å². The number of nitrogens with two attached hydrogens (primary N) is 1. The van der Waals surface area contributed by atoms with Gasteiger partial charge >= 0.3 is 11.9 Å². The summed E-state index contributed by atoms with van der Waals surface area (Å²) < 4.78 is 27.9. The van der Waals surface area contributed by atoms with Crippen LogP contribution in [0, 0.1) is 0 Å². The van der Waals surface area contributed by atoms with Gasteiger partial charge in [0.2, 0.25) is 5.28 Å². The van der Waals surface area contributed by atoms with Gasteiger partial charge in [0.25, 0.3) is 5.60 Å². The molecule has 18 heteroatoms. The van der Waals surface area contributed by atoms with Crippen LogP contribution in [0.1, 0.15) is 11.8 Å². The van der Waals surface area contributed by atoms with E-state index in [1.54, 1.807) is 12.1 Å². The molecule has 6 rings (SSSR count). The Morgan fingerprint density at radius 1 is 1.31 bits per heavy atom. The van der Waals surface area contributed by atoms with Gasteiger partial charge in [0.15, 0.2) is 35.3 Å². The number of rotatable bonds is 8. The minimum atomic E-state index is -2.89. The fourth-order valence-corrected chi connectivity index (χ4v) is 4.90. The second kappa shape index (κ2) is 8.60. The van der Waals surface area contributed by atoms with Crippen LogP contribution in [-0.4, -0.2) is 97.0 Å². The summed E-state index contributed by atoms with van der Waals surface area (Å²) in [5, 5.41) is 44.0. The lowest BCUT2D eigenvalue weighted by Crippen LogP contribution is -2.53. The predicted octanol–water partition coefficient (Wildman–Crippen LogP) is -0.242. The van der Waals surface area contributed by atoms with Gasteiger partial charge in [-0.15, -0.1) is 5.10 Å². The third-order valence-corrected chi connectivity index (χ3v) is 6.94. The summed E-state index contributed by atoms with van der Waals surface area (Å²) in [5.74, 6) is -3.51. The second-order valence-corrected chi connectivity index (χ2v) is 9.38. The molecular formula is C21H17ClFN9O7. The highest BCUT2D eigenvalue weighted by atomic mass is 35.5. The molecule has 1 saturated carbocycles. The highest BCUT2D eigenvalue weighted by Gasteiger charge is 2.80. The molecule has 1 saturated heterocycles.